The van der Waals surface area contributed by atoms with Crippen LogP contribution in [0.1, 0.15) is 20.3 Å². The van der Waals surface area contributed by atoms with Crippen molar-refractivity contribution in [3.8, 4) is 0 Å². The van der Waals surface area contributed by atoms with Crippen LogP contribution in [-0.4, -0.2) is 0 Å². The molecule has 0 aromatic rings. The molecule has 0 aromatic carbocycles. The summed E-state index contributed by atoms with van der Waals surface area (Å²) >= 11 is 0. The van der Waals surface area contributed by atoms with Gasteiger partial charge in [0.1, 0.15) is 0 Å². The predicted octanol–water partition coefficient (Wildman–Crippen LogP) is 2.29. The first-order valence-electron chi connectivity index (χ1n) is 2.88. The summed E-state index contributed by atoms with van der Waals surface area (Å²) in [6, 6.07) is 0. The summed E-state index contributed by atoms with van der Waals surface area (Å²) in [6.45, 7) is 4.21. The molecule has 0 aliphatic heterocycles. The van der Waals surface area contributed by atoms with Crippen LogP contribution in [0.25, 0.3) is 0 Å². The summed E-state index contributed by atoms with van der Waals surface area (Å²) < 4.78 is 0. The van der Waals surface area contributed by atoms with E-state index in [2.05, 4.69) is 32.4 Å². The molecule has 0 saturated heterocycles. The van der Waals surface area contributed by atoms with Crippen LogP contribution in [0.2, 0.25) is 0 Å². The third-order valence-corrected chi connectivity index (χ3v) is 1.22. The lowest BCUT2D eigenvalue weighted by Crippen LogP contribution is -1.86. The Kier molecular flexibility index (Phi) is 1.52. The molecule has 0 fully saturated rings. The molecule has 0 amide bonds. The van der Waals surface area contributed by atoms with E-state index in [0.717, 1.165) is 6.42 Å². The minimum absolute atomic E-state index is 1.08. The molecule has 1 aliphatic carbocycles. The molecule has 0 heteroatoms. The fraction of sp³-hybridized carbons (Fsp3) is 0.375. The largest absolute Gasteiger partial charge is 0.0724 e. The molecule has 0 unspecified atom stereocenters. The van der Waals surface area contributed by atoms with Crippen molar-refractivity contribution in [3.63, 3.8) is 0 Å². The second kappa shape index (κ2) is 2.17. The monoisotopic (exact) mass is 106 g/mol. The predicted molar refractivity (Wildman–Crippen MR) is 35.1 cm³/mol. The van der Waals surface area contributed by atoms with Gasteiger partial charge in [-0.1, -0.05) is 11.6 Å². The summed E-state index contributed by atoms with van der Waals surface area (Å²) in [4.78, 5) is 0. The standard InChI is InChI=1S/C8H10/c1-7-4-3-5-8(2)6-7/h3,6H,4H2,1-2H3. The minimum atomic E-state index is 1.08. The van der Waals surface area contributed by atoms with Crippen LogP contribution in [0.3, 0.4) is 0 Å². The number of rotatable bonds is 0. The highest BCUT2D eigenvalue weighted by Gasteiger charge is 1.95. The molecule has 0 aromatic heterocycles. The minimum Gasteiger partial charge on any atom is -0.0724 e. The van der Waals surface area contributed by atoms with Crippen LogP contribution >= 0.6 is 0 Å². The molecule has 0 nitrogen and oxygen atoms in total. The molecule has 1 rings (SSSR count). The lowest BCUT2D eigenvalue weighted by atomic mass is 10.0. The molecule has 8 heavy (non-hydrogen) atoms. The second-order valence-electron chi connectivity index (χ2n) is 2.23. The highest BCUT2D eigenvalue weighted by molar-refractivity contribution is 5.26. The molecule has 1 aliphatic rings. The highest BCUT2D eigenvalue weighted by atomic mass is 14.0. The SMILES string of the molecule is CC1=[C][CH]CC(C)=C1. The fourth-order valence-electron chi connectivity index (χ4n) is 0.843. The van der Waals surface area contributed by atoms with Gasteiger partial charge in [0.25, 0.3) is 0 Å². The van der Waals surface area contributed by atoms with Crippen molar-refractivity contribution in [2.24, 2.45) is 0 Å². The maximum atomic E-state index is 3.13. The first kappa shape index (κ1) is 5.61. The zero-order valence-corrected chi connectivity index (χ0v) is 5.36. The van der Waals surface area contributed by atoms with E-state index in [0.29, 0.717) is 0 Å². The molecule has 0 heterocycles. The molecular weight excluding hydrogens is 96.1 g/mol. The van der Waals surface area contributed by atoms with Crippen molar-refractivity contribution in [3.05, 3.63) is 29.7 Å². The van der Waals surface area contributed by atoms with Gasteiger partial charge in [0.15, 0.2) is 0 Å². The summed E-state index contributed by atoms with van der Waals surface area (Å²) in [5, 5.41) is 0. The van der Waals surface area contributed by atoms with Gasteiger partial charge in [-0.25, -0.2) is 0 Å². The highest BCUT2D eigenvalue weighted by Crippen LogP contribution is 2.13. The van der Waals surface area contributed by atoms with E-state index < -0.39 is 0 Å². The molecule has 42 valence electrons. The Hall–Kier alpha value is -0.520. The van der Waals surface area contributed by atoms with Gasteiger partial charge in [-0.3, -0.25) is 0 Å². The Morgan fingerprint density at radius 2 is 2.25 bits per heavy atom. The van der Waals surface area contributed by atoms with Crippen LogP contribution < -0.4 is 0 Å². The molecular formula is C8H10. The van der Waals surface area contributed by atoms with Gasteiger partial charge in [-0.05, 0) is 38.3 Å². The quantitative estimate of drug-likeness (QED) is 0.444. The number of hydrogen-bond donors (Lipinski definition) is 0. The summed E-state index contributed by atoms with van der Waals surface area (Å²) in [7, 11) is 0. The first-order chi connectivity index (χ1) is 3.79. The molecule has 2 radical (unpaired) electrons. The zero-order valence-electron chi connectivity index (χ0n) is 5.36. The van der Waals surface area contributed by atoms with Gasteiger partial charge >= 0.3 is 0 Å². The van der Waals surface area contributed by atoms with Gasteiger partial charge in [0, 0.05) is 0 Å². The smallest absolute Gasteiger partial charge is 0.00470 e. The fourth-order valence-corrected chi connectivity index (χ4v) is 0.843. The lowest BCUT2D eigenvalue weighted by molar-refractivity contribution is 1.09. The number of allylic oxidation sites excluding steroid dienone is 4. The lowest BCUT2D eigenvalue weighted by Gasteiger charge is -2.03. The second-order valence-corrected chi connectivity index (χ2v) is 2.23. The van der Waals surface area contributed by atoms with Gasteiger partial charge < -0.3 is 0 Å². The third kappa shape index (κ3) is 1.22. The molecule has 0 bridgehead atoms. The van der Waals surface area contributed by atoms with E-state index in [1.165, 1.54) is 11.1 Å². The van der Waals surface area contributed by atoms with E-state index >= 15 is 0 Å². The zero-order chi connectivity index (χ0) is 5.98. The average Bonchev–Trinajstić information content (AvgIpc) is 1.64. The average molecular weight is 106 g/mol. The van der Waals surface area contributed by atoms with Gasteiger partial charge in [0.2, 0.25) is 0 Å². The van der Waals surface area contributed by atoms with Crippen molar-refractivity contribution in [1.29, 1.82) is 0 Å². The molecule has 0 saturated carbocycles. The Morgan fingerprint density at radius 1 is 1.50 bits per heavy atom. The Balaban J connectivity index is 2.69. The van der Waals surface area contributed by atoms with Crippen molar-refractivity contribution < 1.29 is 0 Å². The van der Waals surface area contributed by atoms with E-state index in [-0.39, 0.29) is 0 Å². The molecule has 0 spiro atoms. The maximum Gasteiger partial charge on any atom is -0.00470 e. The maximum absolute atomic E-state index is 3.13. The molecule has 0 N–H and O–H groups in total. The van der Waals surface area contributed by atoms with Crippen molar-refractivity contribution >= 4 is 0 Å². The van der Waals surface area contributed by atoms with Crippen LogP contribution in [-0.2, 0) is 0 Å². The van der Waals surface area contributed by atoms with E-state index in [1.54, 1.807) is 0 Å². The van der Waals surface area contributed by atoms with Gasteiger partial charge in [-0.2, -0.15) is 0 Å². The Labute approximate surface area is 50.9 Å². The van der Waals surface area contributed by atoms with E-state index in [1.807, 2.05) is 0 Å². The summed E-state index contributed by atoms with van der Waals surface area (Å²) in [5.41, 5.74) is 2.68. The van der Waals surface area contributed by atoms with Crippen LogP contribution in [0.15, 0.2) is 17.2 Å². The van der Waals surface area contributed by atoms with Crippen LogP contribution in [0.5, 0.6) is 0 Å². The third-order valence-electron chi connectivity index (χ3n) is 1.22. The first-order valence-corrected chi connectivity index (χ1v) is 2.88. The topological polar surface area (TPSA) is 0 Å². The Bertz CT molecular complexity index is 138. The van der Waals surface area contributed by atoms with Gasteiger partial charge in [-0.15, -0.1) is 0 Å². The number of hydrogen-bond acceptors (Lipinski definition) is 0. The van der Waals surface area contributed by atoms with Crippen LogP contribution in [0.4, 0.5) is 0 Å². The van der Waals surface area contributed by atoms with E-state index in [9.17, 15) is 0 Å². The van der Waals surface area contributed by atoms with Gasteiger partial charge in [0.05, 0.1) is 0 Å². The van der Waals surface area contributed by atoms with Crippen molar-refractivity contribution in [1.82, 2.24) is 0 Å². The summed E-state index contributed by atoms with van der Waals surface area (Å²) in [6.07, 6.45) is 8.45. The van der Waals surface area contributed by atoms with Crippen molar-refractivity contribution in [2.45, 2.75) is 20.3 Å². The van der Waals surface area contributed by atoms with Crippen LogP contribution in [0, 0.1) is 12.5 Å². The Morgan fingerprint density at radius 3 is 2.62 bits per heavy atom. The van der Waals surface area contributed by atoms with Crippen molar-refractivity contribution in [2.75, 3.05) is 0 Å². The van der Waals surface area contributed by atoms with E-state index in [4.69, 9.17) is 0 Å². The molecule has 0 atom stereocenters. The normalized spacial score (nSPS) is 19.8. The summed E-state index contributed by atoms with van der Waals surface area (Å²) in [5.74, 6) is 0.